The van der Waals surface area contributed by atoms with Gasteiger partial charge in [-0.1, -0.05) is 103 Å². The zero-order valence-electron chi connectivity index (χ0n) is 28.9. The Hall–Kier alpha value is -7.37. The number of nitrogens with zero attached hydrogens (tertiary/aromatic N) is 2. The molecule has 0 saturated carbocycles. The second-order valence-electron chi connectivity index (χ2n) is 13.6. The molecule has 0 saturated heterocycles. The minimum atomic E-state index is 0.590. The Morgan fingerprint density at radius 3 is 1.83 bits per heavy atom. The van der Waals surface area contributed by atoms with Crippen LogP contribution in [0.2, 0.25) is 0 Å². The highest BCUT2D eigenvalue weighted by atomic mass is 16.4. The molecule has 0 fully saturated rings. The first-order valence-corrected chi connectivity index (χ1v) is 18.0. The lowest BCUT2D eigenvalue weighted by molar-refractivity contribution is 0.617. The fourth-order valence-electron chi connectivity index (χ4n) is 7.74. The number of aromatic nitrogens is 1. The van der Waals surface area contributed by atoms with Gasteiger partial charge in [-0.15, -0.1) is 0 Å². The fourth-order valence-corrected chi connectivity index (χ4v) is 7.74. The van der Waals surface area contributed by atoms with Crippen LogP contribution in [-0.2, 0) is 0 Å². The van der Waals surface area contributed by atoms with Crippen molar-refractivity contribution in [3.8, 4) is 33.7 Å². The quantitative estimate of drug-likeness (QED) is 0.173. The van der Waals surface area contributed by atoms with Gasteiger partial charge >= 0.3 is 0 Å². The molecule has 8 aromatic carbocycles. The maximum Gasteiger partial charge on any atom is 0.227 e. The highest BCUT2D eigenvalue weighted by Gasteiger charge is 2.19. The third-order valence-electron chi connectivity index (χ3n) is 10.3. The molecule has 0 aliphatic heterocycles. The molecule has 0 unspecified atom stereocenters. The minimum Gasteiger partial charge on any atom is -0.456 e. The Morgan fingerprint density at radius 1 is 0.352 bits per heavy atom. The van der Waals surface area contributed by atoms with Crippen molar-refractivity contribution in [3.05, 3.63) is 182 Å². The molecule has 3 heterocycles. The number of rotatable bonds is 6. The van der Waals surface area contributed by atoms with E-state index in [0.717, 1.165) is 88.7 Å². The summed E-state index contributed by atoms with van der Waals surface area (Å²) in [6.45, 7) is 0. The second-order valence-corrected chi connectivity index (χ2v) is 13.6. The van der Waals surface area contributed by atoms with Gasteiger partial charge in [0.25, 0.3) is 0 Å². The first-order chi connectivity index (χ1) is 26.7. The van der Waals surface area contributed by atoms with Crippen LogP contribution in [0.4, 0.5) is 17.1 Å². The lowest BCUT2D eigenvalue weighted by Crippen LogP contribution is -2.10. The summed E-state index contributed by atoms with van der Waals surface area (Å²) < 4.78 is 18.9. The van der Waals surface area contributed by atoms with Crippen molar-refractivity contribution < 1.29 is 13.3 Å². The first kappa shape index (κ1) is 30.3. The molecule has 0 bridgehead atoms. The highest BCUT2D eigenvalue weighted by Crippen LogP contribution is 2.43. The summed E-state index contributed by atoms with van der Waals surface area (Å²) in [5.74, 6) is 0.590. The molecule has 54 heavy (non-hydrogen) atoms. The molecule has 0 amide bonds. The number of oxazole rings is 1. The molecule has 0 spiro atoms. The molecule has 0 atom stereocenters. The van der Waals surface area contributed by atoms with Gasteiger partial charge in [-0.25, -0.2) is 4.98 Å². The molecule has 11 aromatic rings. The monoisotopic (exact) mass is 694 g/mol. The Bertz CT molecular complexity index is 3160. The Labute approximate surface area is 309 Å². The Morgan fingerprint density at radius 2 is 0.981 bits per heavy atom. The molecule has 11 rings (SSSR count). The predicted octanol–water partition coefficient (Wildman–Crippen LogP) is 14.1. The van der Waals surface area contributed by atoms with Crippen LogP contribution in [0, 0.1) is 0 Å². The van der Waals surface area contributed by atoms with Gasteiger partial charge in [0.2, 0.25) is 5.89 Å². The molecule has 3 aromatic heterocycles. The van der Waals surface area contributed by atoms with E-state index in [1.165, 1.54) is 5.56 Å². The van der Waals surface area contributed by atoms with Crippen LogP contribution in [0.1, 0.15) is 0 Å². The highest BCUT2D eigenvalue weighted by molar-refractivity contribution is 6.13. The number of furan rings is 2. The molecule has 0 aliphatic carbocycles. The average Bonchev–Trinajstić information content (AvgIpc) is 3.94. The van der Waals surface area contributed by atoms with Gasteiger partial charge in [0.1, 0.15) is 27.8 Å². The topological polar surface area (TPSA) is 55.6 Å². The van der Waals surface area contributed by atoms with Gasteiger partial charge < -0.3 is 18.2 Å². The summed E-state index contributed by atoms with van der Waals surface area (Å²) in [4.78, 5) is 7.17. The molecule has 254 valence electrons. The van der Waals surface area contributed by atoms with Crippen molar-refractivity contribution in [1.29, 1.82) is 0 Å². The van der Waals surface area contributed by atoms with Gasteiger partial charge in [0, 0.05) is 50.2 Å². The molecule has 5 heteroatoms. The summed E-state index contributed by atoms with van der Waals surface area (Å²) in [5.41, 5.74) is 13.4. The van der Waals surface area contributed by atoms with E-state index in [9.17, 15) is 0 Å². The van der Waals surface area contributed by atoms with E-state index in [-0.39, 0.29) is 0 Å². The van der Waals surface area contributed by atoms with Crippen LogP contribution in [-0.4, -0.2) is 4.98 Å². The standard InChI is InChI=1S/C49H30N2O3/c1-3-11-31(12-4-1)32-21-23-35(24-22-32)51(36-16-9-15-34(27-36)38-18-10-20-45-48(38)39-17-7-8-19-43(39)52-45)37-25-26-44-40(28-37)41-29-42-47(30-46(41)53-44)54-49(50-42)33-13-5-2-6-14-33/h1-30H. The van der Waals surface area contributed by atoms with Crippen molar-refractivity contribution in [2.75, 3.05) is 4.90 Å². The molecule has 0 aliphatic rings. The van der Waals surface area contributed by atoms with E-state index < -0.39 is 0 Å². The van der Waals surface area contributed by atoms with E-state index in [2.05, 4.69) is 126 Å². The third-order valence-corrected chi connectivity index (χ3v) is 10.3. The van der Waals surface area contributed by atoms with E-state index >= 15 is 0 Å². The van der Waals surface area contributed by atoms with E-state index in [1.54, 1.807) is 0 Å². The summed E-state index contributed by atoms with van der Waals surface area (Å²) in [7, 11) is 0. The average molecular weight is 695 g/mol. The van der Waals surface area contributed by atoms with Gasteiger partial charge in [-0.2, -0.15) is 0 Å². The maximum absolute atomic E-state index is 6.42. The third kappa shape index (κ3) is 4.98. The fraction of sp³-hybridized carbons (Fsp3) is 0. The normalized spacial score (nSPS) is 11.7. The lowest BCUT2D eigenvalue weighted by atomic mass is 9.98. The van der Waals surface area contributed by atoms with Gasteiger partial charge in [0.15, 0.2) is 5.58 Å². The number of benzene rings is 8. The molecule has 0 radical (unpaired) electrons. The first-order valence-electron chi connectivity index (χ1n) is 18.0. The molecular formula is C49H30N2O3. The van der Waals surface area contributed by atoms with Gasteiger partial charge in [0.05, 0.1) is 0 Å². The summed E-state index contributed by atoms with van der Waals surface area (Å²) >= 11 is 0. The second kappa shape index (κ2) is 12.1. The van der Waals surface area contributed by atoms with Gasteiger partial charge in [-0.3, -0.25) is 0 Å². The Balaban J connectivity index is 1.08. The summed E-state index contributed by atoms with van der Waals surface area (Å²) in [6, 6.07) is 62.9. The minimum absolute atomic E-state index is 0.590. The number of hydrogen-bond acceptors (Lipinski definition) is 5. The summed E-state index contributed by atoms with van der Waals surface area (Å²) in [6.07, 6.45) is 0. The van der Waals surface area contributed by atoms with Crippen LogP contribution < -0.4 is 4.90 Å². The molecular weight excluding hydrogens is 665 g/mol. The van der Waals surface area contributed by atoms with Crippen molar-refractivity contribution in [2.24, 2.45) is 0 Å². The van der Waals surface area contributed by atoms with Crippen LogP contribution in [0.3, 0.4) is 0 Å². The zero-order chi connectivity index (χ0) is 35.6. The maximum atomic E-state index is 6.42. The van der Waals surface area contributed by atoms with Crippen LogP contribution in [0.5, 0.6) is 0 Å². The smallest absolute Gasteiger partial charge is 0.227 e. The molecule has 5 nitrogen and oxygen atoms in total. The van der Waals surface area contributed by atoms with Crippen molar-refractivity contribution in [3.63, 3.8) is 0 Å². The SMILES string of the molecule is c1ccc(-c2ccc(N(c3cccc(-c4cccc5oc6ccccc6c45)c3)c3ccc4oc5cc6oc(-c7ccccc7)nc6cc5c4c3)cc2)cc1. The van der Waals surface area contributed by atoms with Gasteiger partial charge in [-0.05, 0) is 95.1 Å². The predicted molar refractivity (Wildman–Crippen MR) is 220 cm³/mol. The van der Waals surface area contributed by atoms with Crippen molar-refractivity contribution in [2.45, 2.75) is 0 Å². The van der Waals surface area contributed by atoms with E-state index in [0.29, 0.717) is 11.5 Å². The van der Waals surface area contributed by atoms with Crippen molar-refractivity contribution in [1.82, 2.24) is 4.98 Å². The van der Waals surface area contributed by atoms with Crippen LogP contribution in [0.25, 0.3) is 88.7 Å². The number of anilines is 3. The number of para-hydroxylation sites is 1. The van der Waals surface area contributed by atoms with E-state index in [1.807, 2.05) is 60.7 Å². The lowest BCUT2D eigenvalue weighted by Gasteiger charge is -2.26. The summed E-state index contributed by atoms with van der Waals surface area (Å²) in [5, 5.41) is 4.21. The van der Waals surface area contributed by atoms with Crippen LogP contribution in [0.15, 0.2) is 195 Å². The Kier molecular flexibility index (Phi) is 6.79. The number of fused-ring (bicyclic) bond motifs is 7. The zero-order valence-corrected chi connectivity index (χ0v) is 28.9. The van der Waals surface area contributed by atoms with Crippen LogP contribution >= 0.6 is 0 Å². The largest absolute Gasteiger partial charge is 0.456 e. The number of hydrogen-bond donors (Lipinski definition) is 0. The van der Waals surface area contributed by atoms with Crippen molar-refractivity contribution >= 4 is 72.0 Å². The van der Waals surface area contributed by atoms with E-state index in [4.69, 9.17) is 18.2 Å². The molecule has 0 N–H and O–H groups in total.